The fourth-order valence-corrected chi connectivity index (χ4v) is 3.87. The van der Waals surface area contributed by atoms with E-state index in [1.165, 1.54) is 0 Å². The molecule has 7 heteroatoms. The van der Waals surface area contributed by atoms with Crippen molar-refractivity contribution >= 4 is 17.3 Å². The molecule has 0 spiro atoms. The number of nitrogens with zero attached hydrogens (tertiary/aromatic N) is 4. The Labute approximate surface area is 170 Å². The molecule has 6 nitrogen and oxygen atoms in total. The lowest BCUT2D eigenvalue weighted by Crippen LogP contribution is -2.36. The minimum absolute atomic E-state index is 0.452. The molecule has 0 aliphatic carbocycles. The smallest absolute Gasteiger partial charge is 0.191 e. The fourth-order valence-electron chi connectivity index (χ4n) is 2.97. The second kappa shape index (κ2) is 9.01. The monoisotopic (exact) mass is 396 g/mol. The van der Waals surface area contributed by atoms with Crippen LogP contribution >= 0.6 is 11.3 Å². The molecule has 2 aromatic heterocycles. The van der Waals surface area contributed by atoms with Crippen LogP contribution in [-0.4, -0.2) is 27.8 Å². The summed E-state index contributed by atoms with van der Waals surface area (Å²) in [6.07, 6.45) is 0. The van der Waals surface area contributed by atoms with Crippen molar-refractivity contribution in [3.8, 4) is 5.69 Å². The first kappa shape index (κ1) is 20.1. The first-order chi connectivity index (χ1) is 13.5. The van der Waals surface area contributed by atoms with Crippen molar-refractivity contribution in [2.24, 2.45) is 4.99 Å². The normalized spacial score (nSPS) is 11.9. The van der Waals surface area contributed by atoms with Gasteiger partial charge < -0.3 is 10.6 Å². The molecular formula is C21H28N6S. The topological polar surface area (TPSA) is 67.1 Å². The maximum atomic E-state index is 4.66. The number of benzene rings is 1. The van der Waals surface area contributed by atoms with E-state index < -0.39 is 0 Å². The summed E-state index contributed by atoms with van der Waals surface area (Å²) in [6, 6.07) is 10.4. The molecule has 0 saturated heterocycles. The van der Waals surface area contributed by atoms with Crippen molar-refractivity contribution < 1.29 is 0 Å². The average Bonchev–Trinajstić information content (AvgIpc) is 3.28. The largest absolute Gasteiger partial charge is 0.352 e. The van der Waals surface area contributed by atoms with Crippen LogP contribution in [0.3, 0.4) is 0 Å². The van der Waals surface area contributed by atoms with Crippen LogP contribution in [0.2, 0.25) is 0 Å². The minimum atomic E-state index is 0.452. The van der Waals surface area contributed by atoms with Crippen LogP contribution in [0, 0.1) is 13.8 Å². The third-order valence-electron chi connectivity index (χ3n) is 4.47. The summed E-state index contributed by atoms with van der Waals surface area (Å²) in [4.78, 5) is 8.99. The summed E-state index contributed by atoms with van der Waals surface area (Å²) < 4.78 is 1.99. The van der Waals surface area contributed by atoms with Crippen molar-refractivity contribution in [3.63, 3.8) is 0 Å². The number of aryl methyl sites for hydroxylation is 2. The maximum absolute atomic E-state index is 4.66. The van der Waals surface area contributed by atoms with Gasteiger partial charge >= 0.3 is 0 Å². The number of rotatable bonds is 6. The Bertz CT molecular complexity index is 953. The standard InChI is InChI=1S/C21H28N6S/c1-14(2)18-13-28-20(25-18)12-24-21(22-5)23-11-17-8-6-7-9-19(17)27-16(4)10-15(3)26-27/h6-10,13-14H,11-12H2,1-5H3,(H2,22,23,24). The molecule has 3 rings (SSSR count). The molecule has 0 bridgehead atoms. The van der Waals surface area contributed by atoms with Gasteiger partial charge in [-0.05, 0) is 37.5 Å². The van der Waals surface area contributed by atoms with Gasteiger partial charge in [0.1, 0.15) is 5.01 Å². The fraction of sp³-hybridized carbons (Fsp3) is 0.381. The van der Waals surface area contributed by atoms with Gasteiger partial charge in [-0.2, -0.15) is 5.10 Å². The quantitative estimate of drug-likeness (QED) is 0.489. The third kappa shape index (κ3) is 4.78. The molecule has 0 atom stereocenters. The molecule has 0 radical (unpaired) electrons. The van der Waals surface area contributed by atoms with Crippen LogP contribution in [0.1, 0.15) is 47.4 Å². The van der Waals surface area contributed by atoms with E-state index in [1.807, 2.05) is 23.7 Å². The van der Waals surface area contributed by atoms with E-state index in [9.17, 15) is 0 Å². The molecule has 3 aromatic rings. The van der Waals surface area contributed by atoms with Crippen LogP contribution in [0.15, 0.2) is 40.7 Å². The lowest BCUT2D eigenvalue weighted by molar-refractivity contribution is 0.772. The summed E-state index contributed by atoms with van der Waals surface area (Å²) in [7, 11) is 1.78. The van der Waals surface area contributed by atoms with Gasteiger partial charge in [-0.25, -0.2) is 9.67 Å². The third-order valence-corrected chi connectivity index (χ3v) is 5.33. The Morgan fingerprint density at radius 3 is 2.57 bits per heavy atom. The molecule has 28 heavy (non-hydrogen) atoms. The van der Waals surface area contributed by atoms with Gasteiger partial charge in [-0.15, -0.1) is 11.3 Å². The Balaban J connectivity index is 1.65. The van der Waals surface area contributed by atoms with Crippen LogP contribution < -0.4 is 10.6 Å². The molecule has 1 aromatic carbocycles. The molecule has 0 amide bonds. The summed E-state index contributed by atoms with van der Waals surface area (Å²) in [5.74, 6) is 1.21. The number of hydrogen-bond donors (Lipinski definition) is 2. The summed E-state index contributed by atoms with van der Waals surface area (Å²) in [5.41, 5.74) is 5.52. The molecule has 0 saturated carbocycles. The Hall–Kier alpha value is -2.67. The van der Waals surface area contributed by atoms with Crippen molar-refractivity contribution in [2.45, 2.75) is 46.7 Å². The van der Waals surface area contributed by atoms with E-state index in [-0.39, 0.29) is 0 Å². The minimum Gasteiger partial charge on any atom is -0.352 e. The SMILES string of the molecule is CN=C(NCc1nc(C(C)C)cs1)NCc1ccccc1-n1nc(C)cc1C. The van der Waals surface area contributed by atoms with Crippen molar-refractivity contribution in [3.05, 3.63) is 63.4 Å². The highest BCUT2D eigenvalue weighted by molar-refractivity contribution is 7.09. The molecule has 148 valence electrons. The second-order valence-corrected chi connectivity index (χ2v) is 8.01. The van der Waals surface area contributed by atoms with Crippen molar-refractivity contribution in [2.75, 3.05) is 7.05 Å². The number of para-hydroxylation sites is 1. The van der Waals surface area contributed by atoms with E-state index in [0.717, 1.165) is 39.3 Å². The molecule has 2 heterocycles. The Morgan fingerprint density at radius 2 is 1.93 bits per heavy atom. The summed E-state index contributed by atoms with van der Waals surface area (Å²) >= 11 is 1.68. The van der Waals surface area contributed by atoms with Gasteiger partial charge in [0.05, 0.1) is 23.6 Å². The number of hydrogen-bond acceptors (Lipinski definition) is 4. The van der Waals surface area contributed by atoms with E-state index in [0.29, 0.717) is 19.0 Å². The second-order valence-electron chi connectivity index (χ2n) is 7.07. The van der Waals surface area contributed by atoms with Gasteiger partial charge in [-0.3, -0.25) is 4.99 Å². The van der Waals surface area contributed by atoms with Gasteiger partial charge in [0.2, 0.25) is 0 Å². The Morgan fingerprint density at radius 1 is 1.18 bits per heavy atom. The highest BCUT2D eigenvalue weighted by Crippen LogP contribution is 2.18. The predicted octanol–water partition coefficient (Wildman–Crippen LogP) is 3.93. The molecule has 0 aliphatic rings. The van der Waals surface area contributed by atoms with E-state index in [1.54, 1.807) is 18.4 Å². The zero-order chi connectivity index (χ0) is 20.1. The van der Waals surface area contributed by atoms with Crippen molar-refractivity contribution in [1.29, 1.82) is 0 Å². The van der Waals surface area contributed by atoms with Gasteiger partial charge in [-0.1, -0.05) is 32.0 Å². The number of thiazole rings is 1. The van der Waals surface area contributed by atoms with Crippen LogP contribution in [0.4, 0.5) is 0 Å². The molecule has 0 aliphatic heterocycles. The Kier molecular flexibility index (Phi) is 6.46. The van der Waals surface area contributed by atoms with E-state index >= 15 is 0 Å². The molecular weight excluding hydrogens is 368 g/mol. The van der Waals surface area contributed by atoms with Gasteiger partial charge in [0, 0.05) is 24.7 Å². The van der Waals surface area contributed by atoms with E-state index in [2.05, 4.69) is 70.1 Å². The lowest BCUT2D eigenvalue weighted by Gasteiger charge is -2.14. The van der Waals surface area contributed by atoms with Crippen LogP contribution in [0.25, 0.3) is 5.69 Å². The summed E-state index contributed by atoms with van der Waals surface area (Å²) in [6.45, 7) is 9.73. The maximum Gasteiger partial charge on any atom is 0.191 e. The number of guanidine groups is 1. The number of nitrogens with one attached hydrogen (secondary N) is 2. The highest BCUT2D eigenvalue weighted by Gasteiger charge is 2.10. The number of aromatic nitrogens is 3. The van der Waals surface area contributed by atoms with E-state index in [4.69, 9.17) is 0 Å². The first-order valence-electron chi connectivity index (χ1n) is 9.48. The molecule has 0 unspecified atom stereocenters. The zero-order valence-electron chi connectivity index (χ0n) is 17.2. The summed E-state index contributed by atoms with van der Waals surface area (Å²) in [5, 5.41) is 14.6. The average molecular weight is 397 g/mol. The predicted molar refractivity (Wildman–Crippen MR) is 116 cm³/mol. The first-order valence-corrected chi connectivity index (χ1v) is 10.4. The lowest BCUT2D eigenvalue weighted by atomic mass is 10.1. The molecule has 0 fully saturated rings. The van der Waals surface area contributed by atoms with Crippen molar-refractivity contribution in [1.82, 2.24) is 25.4 Å². The zero-order valence-corrected chi connectivity index (χ0v) is 18.0. The highest BCUT2D eigenvalue weighted by atomic mass is 32.1. The number of aliphatic imine (C=N–C) groups is 1. The van der Waals surface area contributed by atoms with Gasteiger partial charge in [0.15, 0.2) is 5.96 Å². The van der Waals surface area contributed by atoms with Crippen LogP contribution in [-0.2, 0) is 13.1 Å². The van der Waals surface area contributed by atoms with Gasteiger partial charge in [0.25, 0.3) is 0 Å². The molecule has 2 N–H and O–H groups in total. The van der Waals surface area contributed by atoms with Crippen LogP contribution in [0.5, 0.6) is 0 Å².